The van der Waals surface area contributed by atoms with Crippen LogP contribution in [0.4, 0.5) is 8.78 Å². The van der Waals surface area contributed by atoms with E-state index in [0.29, 0.717) is 6.42 Å². The van der Waals surface area contributed by atoms with Gasteiger partial charge in [-0.25, -0.2) is 8.78 Å². The zero-order valence-corrected chi connectivity index (χ0v) is 15.5. The van der Waals surface area contributed by atoms with E-state index >= 15 is 0 Å². The maximum absolute atomic E-state index is 12.7. The van der Waals surface area contributed by atoms with Gasteiger partial charge in [0.2, 0.25) is 5.91 Å². The van der Waals surface area contributed by atoms with Crippen LogP contribution in [0.3, 0.4) is 0 Å². The van der Waals surface area contributed by atoms with Crippen molar-refractivity contribution in [2.45, 2.75) is 56.6 Å². The lowest BCUT2D eigenvalue weighted by molar-refractivity contribution is -0.125. The Kier molecular flexibility index (Phi) is 5.88. The minimum Gasteiger partial charge on any atom is -0.396 e. The molecule has 0 aromatic heterocycles. The average molecular weight is 396 g/mol. The van der Waals surface area contributed by atoms with Crippen LogP contribution in [0.15, 0.2) is 18.2 Å². The van der Waals surface area contributed by atoms with Crippen molar-refractivity contribution in [3.8, 4) is 0 Å². The number of nitrogens with one attached hydrogen (secondary N) is 4. The Bertz CT molecular complexity index is 720. The maximum atomic E-state index is 12.7. The summed E-state index contributed by atoms with van der Waals surface area (Å²) in [5, 5.41) is 18.4. The lowest BCUT2D eigenvalue weighted by Gasteiger charge is -2.29. The van der Waals surface area contributed by atoms with Gasteiger partial charge in [-0.1, -0.05) is 18.2 Å². The van der Waals surface area contributed by atoms with Crippen molar-refractivity contribution in [3.63, 3.8) is 0 Å². The first-order valence-corrected chi connectivity index (χ1v) is 9.78. The van der Waals surface area contributed by atoms with Crippen molar-refractivity contribution in [1.29, 1.82) is 0 Å². The molecule has 5 atom stereocenters. The number of carbonyl (C=O) groups is 1. The molecule has 0 spiro atoms. The summed E-state index contributed by atoms with van der Waals surface area (Å²) in [4.78, 5) is 17.5. The van der Waals surface area contributed by atoms with Crippen molar-refractivity contribution >= 4 is 5.91 Å². The molecule has 1 amide bonds. The zero-order chi connectivity index (χ0) is 19.7. The number of benzene rings is 1. The highest BCUT2D eigenvalue weighted by atomic mass is 19.3. The molecule has 1 aromatic carbocycles. The van der Waals surface area contributed by atoms with Crippen LogP contribution in [0.2, 0.25) is 0 Å². The molecular formula is C19H26F2N4O3. The summed E-state index contributed by atoms with van der Waals surface area (Å²) in [6.45, 7) is 0.844. The van der Waals surface area contributed by atoms with Crippen LogP contribution in [-0.2, 0) is 16.1 Å². The number of hydrogen-bond donors (Lipinski definition) is 5. The molecule has 2 heterocycles. The van der Waals surface area contributed by atoms with E-state index in [4.69, 9.17) is 4.84 Å². The van der Waals surface area contributed by atoms with Gasteiger partial charge < -0.3 is 15.7 Å². The van der Waals surface area contributed by atoms with E-state index < -0.39 is 18.8 Å². The number of rotatable bonds is 5. The molecule has 0 saturated carbocycles. The van der Waals surface area contributed by atoms with Crippen molar-refractivity contribution in [2.24, 2.45) is 5.92 Å². The van der Waals surface area contributed by atoms with Gasteiger partial charge in [0.05, 0.1) is 12.1 Å². The SMILES string of the molecule is O=C(N[C@@H]1CCc2cc(C3NOC(C(F)F)N3)ccc21)C1CC(CO)CCN1. The fourth-order valence-electron chi connectivity index (χ4n) is 4.26. The van der Waals surface area contributed by atoms with Gasteiger partial charge in [-0.2, -0.15) is 5.48 Å². The van der Waals surface area contributed by atoms with Crippen molar-refractivity contribution in [3.05, 3.63) is 34.9 Å². The van der Waals surface area contributed by atoms with Crippen molar-refractivity contribution in [1.82, 2.24) is 21.4 Å². The lowest BCUT2D eigenvalue weighted by Crippen LogP contribution is -2.49. The number of hydroxylamine groups is 1. The summed E-state index contributed by atoms with van der Waals surface area (Å²) >= 11 is 0. The quantitative estimate of drug-likeness (QED) is 0.507. The Morgan fingerprint density at radius 1 is 1.36 bits per heavy atom. The summed E-state index contributed by atoms with van der Waals surface area (Å²) in [7, 11) is 0. The molecule has 7 nitrogen and oxygen atoms in total. The van der Waals surface area contributed by atoms with E-state index in [1.54, 1.807) is 0 Å². The predicted molar refractivity (Wildman–Crippen MR) is 97.1 cm³/mol. The van der Waals surface area contributed by atoms with Gasteiger partial charge in [-0.05, 0) is 54.8 Å². The number of aryl methyl sites for hydroxylation is 1. The number of aliphatic hydroxyl groups excluding tert-OH is 1. The van der Waals surface area contributed by atoms with Crippen LogP contribution in [-0.4, -0.2) is 42.9 Å². The number of halogens is 2. The standard InChI is InChI=1S/C19H26F2N4O3/c20-16(21)19-24-17(25-28-19)12-1-3-13-11(8-12)2-4-14(13)23-18(27)15-7-10(9-26)5-6-22-15/h1,3,8,10,14-17,19,22,24-26H,2,4-7,9H2,(H,23,27)/t10?,14-,15?,17?,19?/m1/s1. The number of aliphatic hydroxyl groups is 1. The van der Waals surface area contributed by atoms with Crippen LogP contribution in [0, 0.1) is 5.92 Å². The second-order valence-electron chi connectivity index (χ2n) is 7.73. The monoisotopic (exact) mass is 396 g/mol. The number of hydrogen-bond acceptors (Lipinski definition) is 6. The predicted octanol–water partition coefficient (Wildman–Crippen LogP) is 0.865. The molecule has 3 aliphatic rings. The first-order valence-electron chi connectivity index (χ1n) is 9.78. The highest BCUT2D eigenvalue weighted by Crippen LogP contribution is 2.33. The Hall–Kier alpha value is -1.65. The Balaban J connectivity index is 1.39. The summed E-state index contributed by atoms with van der Waals surface area (Å²) in [5.41, 5.74) is 5.60. The van der Waals surface area contributed by atoms with Gasteiger partial charge in [0, 0.05) is 6.61 Å². The van der Waals surface area contributed by atoms with Crippen LogP contribution in [0.25, 0.3) is 0 Å². The van der Waals surface area contributed by atoms with E-state index in [1.807, 2.05) is 18.2 Å². The molecule has 2 fully saturated rings. The summed E-state index contributed by atoms with van der Waals surface area (Å²) in [6.07, 6.45) is -1.26. The van der Waals surface area contributed by atoms with Crippen LogP contribution in [0.1, 0.15) is 48.2 Å². The molecule has 28 heavy (non-hydrogen) atoms. The minimum absolute atomic E-state index is 0.0348. The van der Waals surface area contributed by atoms with Crippen LogP contribution < -0.4 is 21.4 Å². The third-order valence-electron chi connectivity index (χ3n) is 5.85. The number of alkyl halides is 2. The van der Waals surface area contributed by atoms with E-state index in [1.165, 1.54) is 0 Å². The highest BCUT2D eigenvalue weighted by Gasteiger charge is 2.34. The van der Waals surface area contributed by atoms with Crippen LogP contribution in [0.5, 0.6) is 0 Å². The molecule has 0 radical (unpaired) electrons. The Labute approximate surface area is 162 Å². The van der Waals surface area contributed by atoms with Crippen molar-refractivity contribution < 1.29 is 23.5 Å². The molecule has 9 heteroatoms. The topological polar surface area (TPSA) is 94.7 Å². The smallest absolute Gasteiger partial charge is 0.279 e. The molecule has 4 rings (SSSR count). The maximum Gasteiger partial charge on any atom is 0.279 e. The average Bonchev–Trinajstić information content (AvgIpc) is 3.35. The molecule has 1 aromatic rings. The summed E-state index contributed by atoms with van der Waals surface area (Å²) < 4.78 is 25.5. The zero-order valence-electron chi connectivity index (χ0n) is 15.5. The van der Waals surface area contributed by atoms with E-state index in [9.17, 15) is 18.7 Å². The molecule has 5 N–H and O–H groups in total. The molecule has 1 aliphatic carbocycles. The van der Waals surface area contributed by atoms with Gasteiger partial charge in [-0.15, -0.1) is 0 Å². The number of fused-ring (bicyclic) bond motifs is 1. The minimum atomic E-state index is -2.61. The Morgan fingerprint density at radius 3 is 2.96 bits per heavy atom. The molecule has 2 aliphatic heterocycles. The van der Waals surface area contributed by atoms with Gasteiger partial charge >= 0.3 is 0 Å². The van der Waals surface area contributed by atoms with E-state index in [0.717, 1.165) is 42.5 Å². The number of amides is 1. The summed E-state index contributed by atoms with van der Waals surface area (Å²) in [5.74, 6) is 0.133. The second kappa shape index (κ2) is 8.38. The van der Waals surface area contributed by atoms with Gasteiger partial charge in [0.25, 0.3) is 6.43 Å². The third kappa shape index (κ3) is 4.04. The fraction of sp³-hybridized carbons (Fsp3) is 0.632. The van der Waals surface area contributed by atoms with Gasteiger partial charge in [-0.3, -0.25) is 14.9 Å². The normalized spacial score (nSPS) is 32.5. The lowest BCUT2D eigenvalue weighted by atomic mass is 9.92. The molecular weight excluding hydrogens is 370 g/mol. The second-order valence-corrected chi connectivity index (χ2v) is 7.73. The highest BCUT2D eigenvalue weighted by molar-refractivity contribution is 5.82. The molecule has 4 unspecified atom stereocenters. The first-order chi connectivity index (χ1) is 13.5. The molecule has 0 bridgehead atoms. The van der Waals surface area contributed by atoms with E-state index in [2.05, 4.69) is 21.4 Å². The molecule has 2 saturated heterocycles. The first kappa shape index (κ1) is 19.7. The van der Waals surface area contributed by atoms with Gasteiger partial charge in [0.1, 0.15) is 6.17 Å². The van der Waals surface area contributed by atoms with Crippen molar-refractivity contribution in [2.75, 3.05) is 13.2 Å². The Morgan fingerprint density at radius 2 is 2.21 bits per heavy atom. The fourth-order valence-corrected chi connectivity index (χ4v) is 4.26. The number of piperidine rings is 1. The summed E-state index contributed by atoms with van der Waals surface area (Å²) in [6, 6.07) is 5.47. The third-order valence-corrected chi connectivity index (χ3v) is 5.85. The van der Waals surface area contributed by atoms with Gasteiger partial charge in [0.15, 0.2) is 6.23 Å². The van der Waals surface area contributed by atoms with E-state index in [-0.39, 0.29) is 30.5 Å². The largest absolute Gasteiger partial charge is 0.396 e. The molecule has 154 valence electrons. The number of carbonyl (C=O) groups excluding carboxylic acids is 1. The van der Waals surface area contributed by atoms with Crippen LogP contribution >= 0.6 is 0 Å².